The van der Waals surface area contributed by atoms with Gasteiger partial charge >= 0.3 is 23.9 Å². The van der Waals surface area contributed by atoms with Crippen LogP contribution in [0.3, 0.4) is 0 Å². The Hall–Kier alpha value is -10.9. The molecule has 0 atom stereocenters. The first kappa shape index (κ1) is 60.1. The summed E-state index contributed by atoms with van der Waals surface area (Å²) in [6.45, 7) is -1.33. The van der Waals surface area contributed by atoms with E-state index in [0.717, 1.165) is 69.6 Å². The summed E-state index contributed by atoms with van der Waals surface area (Å²) in [7, 11) is 0. The molecule has 4 aromatic heterocycles. The molecule has 4 aliphatic rings. The highest BCUT2D eigenvalue weighted by Crippen LogP contribution is 2.67. The van der Waals surface area contributed by atoms with Crippen LogP contribution < -0.4 is 0 Å². The fourth-order valence-electron chi connectivity index (χ4n) is 13.1. The van der Waals surface area contributed by atoms with E-state index in [9.17, 15) is 36.7 Å². The summed E-state index contributed by atoms with van der Waals surface area (Å²) >= 11 is 4.17. The number of Topliss-reactive ketones (excluding diaryl/α,β-unsaturated/α-hetero) is 4. The molecule has 0 saturated heterocycles. The number of halogens is 4. The Labute approximate surface area is 556 Å². The summed E-state index contributed by atoms with van der Waals surface area (Å²) in [6.07, 6.45) is 2.67. The number of rotatable bonds is 14. The number of allylic oxidation sites excluding steroid dienone is 2. The van der Waals surface area contributed by atoms with E-state index >= 15 is 19.2 Å². The molecule has 12 aromatic rings. The number of ether oxygens (including phenoxy) is 4. The van der Waals surface area contributed by atoms with Crippen molar-refractivity contribution in [2.45, 2.75) is 37.3 Å². The number of benzene rings is 8. The molecule has 4 heterocycles. The van der Waals surface area contributed by atoms with Gasteiger partial charge in [-0.3, -0.25) is 38.4 Å². The van der Waals surface area contributed by atoms with E-state index in [-0.39, 0.29) is 123 Å². The lowest BCUT2D eigenvalue weighted by Gasteiger charge is -2.27. The number of ketones is 4. The zero-order chi connectivity index (χ0) is 66.1. The maximum atomic E-state index is 16.1. The van der Waals surface area contributed by atoms with Gasteiger partial charge in [-0.2, -0.15) is 0 Å². The summed E-state index contributed by atoms with van der Waals surface area (Å²) in [5.74, 6) is -11.8. The summed E-state index contributed by atoms with van der Waals surface area (Å²) < 4.78 is 83.7. The van der Waals surface area contributed by atoms with E-state index in [4.69, 9.17) is 18.9 Å². The zero-order valence-corrected chi connectivity index (χ0v) is 52.6. The third kappa shape index (κ3) is 9.32. The minimum absolute atomic E-state index is 0.0466. The zero-order valence-electron chi connectivity index (χ0n) is 49.3. The molecule has 20 heteroatoms. The van der Waals surface area contributed by atoms with Crippen molar-refractivity contribution in [3.63, 3.8) is 0 Å². The second-order valence-electron chi connectivity index (χ2n) is 23.3. The molecular formula is C76H40F4O12S4. The molecule has 0 aliphatic heterocycles. The van der Waals surface area contributed by atoms with Gasteiger partial charge in [-0.1, -0.05) is 121 Å². The summed E-state index contributed by atoms with van der Waals surface area (Å²) in [6, 6.07) is 46.9. The fourth-order valence-corrected chi connectivity index (χ4v) is 18.8. The molecule has 0 saturated carbocycles. The smallest absolute Gasteiger partial charge is 0.333 e. The lowest BCUT2D eigenvalue weighted by molar-refractivity contribution is -0.166. The van der Waals surface area contributed by atoms with Gasteiger partial charge in [-0.15, -0.1) is 45.3 Å². The molecule has 16 rings (SSSR count). The van der Waals surface area contributed by atoms with Crippen LogP contribution in [0.5, 0.6) is 0 Å². The quantitative estimate of drug-likeness (QED) is 0.0252. The Morgan fingerprint density at radius 3 is 0.865 bits per heavy atom. The van der Waals surface area contributed by atoms with Gasteiger partial charge in [-0.05, 0) is 117 Å². The number of esters is 4. The topological polar surface area (TPSA) is 173 Å². The van der Waals surface area contributed by atoms with E-state index in [1.54, 1.807) is 121 Å². The summed E-state index contributed by atoms with van der Waals surface area (Å²) in [4.78, 5) is 123. The van der Waals surface area contributed by atoms with E-state index in [1.165, 1.54) is 48.6 Å². The Morgan fingerprint density at radius 1 is 0.344 bits per heavy atom. The number of carbonyl (C=O) groups excluding carboxylic acids is 8. The van der Waals surface area contributed by atoms with Crippen LogP contribution in [0, 0.1) is 23.3 Å². The van der Waals surface area contributed by atoms with Gasteiger partial charge in [0.2, 0.25) is 10.8 Å². The highest BCUT2D eigenvalue weighted by molar-refractivity contribution is 7.34. The van der Waals surface area contributed by atoms with E-state index < -0.39 is 81.1 Å². The monoisotopic (exact) mass is 1350 g/mol. The molecule has 0 spiro atoms. The van der Waals surface area contributed by atoms with Crippen molar-refractivity contribution in [2.24, 2.45) is 0 Å². The molecule has 0 amide bonds. The highest BCUT2D eigenvalue weighted by Gasteiger charge is 2.65. The molecule has 0 fully saturated rings. The molecule has 0 radical (unpaired) electrons. The maximum Gasteiger partial charge on any atom is 0.333 e. The minimum atomic E-state index is -2.53. The van der Waals surface area contributed by atoms with Crippen LogP contribution in [-0.4, -0.2) is 47.0 Å². The van der Waals surface area contributed by atoms with Crippen molar-refractivity contribution in [3.05, 3.63) is 293 Å². The standard InChI is InChI=1S/C76H40F4O12S4/c77-55-25-41-21-47-48(22-42(41)26-56(55)78)62(82)51(61(47)81)29-45-31-53-65(93-45)67-59(75(53,71(85)89-33-37-13-5-1-6-14-37)72(86)90-34-38-15-7-2-8-16-38)69-70(95-67)60-68(96-69)66-54(76(60,73(87)91-35-39-17-9-3-10-18-39)74(88)92-36-40-19-11-4-12-20-40)32-46(94-66)30-52-63(83)49-23-43-27-57(79)58(80)28-44(43)24-50(49)64(52)84/h1-32H,33-36H2. The number of fused-ring (bicyclic) bond motifs is 13. The molecule has 0 N–H and O–H groups in total. The van der Waals surface area contributed by atoms with Crippen molar-refractivity contribution in [3.8, 4) is 19.5 Å². The van der Waals surface area contributed by atoms with E-state index in [2.05, 4.69) is 0 Å². The Balaban J connectivity index is 0.915. The Kier molecular flexibility index (Phi) is 14.4. The van der Waals surface area contributed by atoms with Crippen LogP contribution >= 0.6 is 45.3 Å². The molecule has 8 aromatic carbocycles. The Morgan fingerprint density at radius 2 is 0.604 bits per heavy atom. The number of hydrogen-bond donors (Lipinski definition) is 0. The Bertz CT molecular complexity index is 4950. The largest absolute Gasteiger partial charge is 0.459 e. The van der Waals surface area contributed by atoms with Gasteiger partial charge in [0, 0.05) is 54.3 Å². The van der Waals surface area contributed by atoms with Crippen LogP contribution in [0.15, 0.2) is 193 Å². The average molecular weight is 1350 g/mol. The normalized spacial score (nSPS) is 14.4. The van der Waals surface area contributed by atoms with Crippen LogP contribution in [-0.2, 0) is 75.4 Å². The first-order valence-electron chi connectivity index (χ1n) is 29.7. The van der Waals surface area contributed by atoms with Crippen molar-refractivity contribution in [1.82, 2.24) is 0 Å². The second-order valence-corrected chi connectivity index (χ2v) is 27.5. The van der Waals surface area contributed by atoms with Gasteiger partial charge < -0.3 is 18.9 Å². The van der Waals surface area contributed by atoms with Crippen molar-refractivity contribution in [1.29, 1.82) is 0 Å². The molecule has 468 valence electrons. The third-order valence-corrected chi connectivity index (χ3v) is 22.7. The predicted molar refractivity (Wildman–Crippen MR) is 354 cm³/mol. The molecule has 0 bridgehead atoms. The predicted octanol–water partition coefficient (Wildman–Crippen LogP) is 16.4. The first-order chi connectivity index (χ1) is 46.5. The molecule has 0 unspecified atom stereocenters. The van der Waals surface area contributed by atoms with Crippen LogP contribution in [0.1, 0.15) is 95.7 Å². The van der Waals surface area contributed by atoms with Crippen LogP contribution in [0.4, 0.5) is 17.6 Å². The van der Waals surface area contributed by atoms with Gasteiger partial charge in [0.15, 0.2) is 46.4 Å². The lowest BCUT2D eigenvalue weighted by Crippen LogP contribution is -2.46. The van der Waals surface area contributed by atoms with Gasteiger partial charge in [0.1, 0.15) is 26.4 Å². The van der Waals surface area contributed by atoms with Crippen LogP contribution in [0.2, 0.25) is 0 Å². The number of carbonyl (C=O) groups is 8. The SMILES string of the molecule is O=C1C(=Cc2cc3c(s2)-c2sc4c5c(sc4c2C3(C(=O)OCc2ccccc2)C(=O)OCc2ccccc2)-c2sc(C=C3C(=O)c4cc6cc(F)c(F)cc6cc4C3=O)cc2C5(C(=O)OCc2ccccc2)C(=O)OCc2ccccc2)C(=O)c2cc3cc(F)c(F)cc3cc21. The number of thiophene rings is 4. The van der Waals surface area contributed by atoms with Crippen LogP contribution in [0.25, 0.3) is 62.6 Å². The lowest BCUT2D eigenvalue weighted by atomic mass is 9.77. The first-order valence-corrected chi connectivity index (χ1v) is 33.0. The van der Waals surface area contributed by atoms with Crippen molar-refractivity contribution >= 4 is 135 Å². The van der Waals surface area contributed by atoms with E-state index in [1.807, 2.05) is 0 Å². The van der Waals surface area contributed by atoms with Crippen molar-refractivity contribution < 1.29 is 74.9 Å². The molecule has 4 aliphatic carbocycles. The van der Waals surface area contributed by atoms with Gasteiger partial charge in [0.25, 0.3) is 0 Å². The minimum Gasteiger partial charge on any atom is -0.459 e. The van der Waals surface area contributed by atoms with Gasteiger partial charge in [-0.25, -0.2) is 17.6 Å². The number of hydrogen-bond acceptors (Lipinski definition) is 16. The molecule has 12 nitrogen and oxygen atoms in total. The van der Waals surface area contributed by atoms with Crippen molar-refractivity contribution in [2.75, 3.05) is 0 Å². The fraction of sp³-hybridized carbons (Fsp3) is 0.0789. The van der Waals surface area contributed by atoms with E-state index in [0.29, 0.717) is 41.8 Å². The molecular weight excluding hydrogens is 1310 g/mol. The third-order valence-electron chi connectivity index (χ3n) is 17.6. The van der Waals surface area contributed by atoms with Gasteiger partial charge in [0.05, 0.1) is 40.1 Å². The summed E-state index contributed by atoms with van der Waals surface area (Å²) in [5.41, 5.74) is -3.34. The highest BCUT2D eigenvalue weighted by atomic mass is 32.1. The maximum absolute atomic E-state index is 16.1. The summed E-state index contributed by atoms with van der Waals surface area (Å²) in [5, 5.41) is 0.717. The second kappa shape index (κ2) is 22.9. The average Bonchev–Trinajstić information content (AvgIpc) is 1.49. The molecule has 96 heavy (non-hydrogen) atoms.